The summed E-state index contributed by atoms with van der Waals surface area (Å²) in [5, 5.41) is 1.97. The molecule has 0 unspecified atom stereocenters. The Balaban J connectivity index is 1.54. The third kappa shape index (κ3) is 6.52. The zero-order valence-electron chi connectivity index (χ0n) is 19.3. The van der Waals surface area contributed by atoms with E-state index >= 15 is 0 Å². The molecule has 34 heavy (non-hydrogen) atoms. The molecule has 1 aliphatic rings. The molecular formula is C27H29FN2O3S. The number of halogens is 1. The van der Waals surface area contributed by atoms with Crippen LogP contribution < -0.4 is 0 Å². The molecule has 2 amide bonds. The number of carbonyl (C=O) groups excluding carboxylic acids is 2. The van der Waals surface area contributed by atoms with E-state index in [1.54, 1.807) is 45.4 Å². The second kappa shape index (κ2) is 11.4. The quantitative estimate of drug-likeness (QED) is 0.431. The molecule has 2 aromatic carbocycles. The molecule has 0 saturated carbocycles. The van der Waals surface area contributed by atoms with Gasteiger partial charge in [0.25, 0.3) is 5.91 Å². The molecular weight excluding hydrogens is 451 g/mol. The first-order valence-electron chi connectivity index (χ1n) is 11.5. The third-order valence-corrected chi connectivity index (χ3v) is 6.79. The SMILES string of the molecule is Cc1ccc(C(=O)N(CC(=O)N(Cc2ccc(F)cc2)Cc2cccs2)C[C@@H]2CCCO2)cc1. The molecule has 0 N–H and O–H groups in total. The van der Waals surface area contributed by atoms with Crippen molar-refractivity contribution in [2.24, 2.45) is 0 Å². The average molecular weight is 481 g/mol. The predicted octanol–water partition coefficient (Wildman–Crippen LogP) is 5.05. The molecule has 1 fully saturated rings. The topological polar surface area (TPSA) is 49.9 Å². The Morgan fingerprint density at radius 3 is 2.44 bits per heavy atom. The Labute approximate surface area is 203 Å². The summed E-state index contributed by atoms with van der Waals surface area (Å²) < 4.78 is 19.2. The summed E-state index contributed by atoms with van der Waals surface area (Å²) in [7, 11) is 0. The number of hydrogen-bond acceptors (Lipinski definition) is 4. The number of hydrogen-bond donors (Lipinski definition) is 0. The Morgan fingerprint density at radius 1 is 1.03 bits per heavy atom. The first kappa shape index (κ1) is 24.1. The van der Waals surface area contributed by atoms with Gasteiger partial charge >= 0.3 is 0 Å². The fraction of sp³-hybridized carbons (Fsp3) is 0.333. The van der Waals surface area contributed by atoms with E-state index in [0.717, 1.165) is 28.8 Å². The fourth-order valence-corrected chi connectivity index (χ4v) is 4.75. The van der Waals surface area contributed by atoms with E-state index in [-0.39, 0.29) is 30.3 Å². The number of thiophene rings is 1. The van der Waals surface area contributed by atoms with Crippen LogP contribution in [-0.2, 0) is 22.6 Å². The molecule has 4 rings (SSSR count). The summed E-state index contributed by atoms with van der Waals surface area (Å²) >= 11 is 1.58. The number of nitrogens with zero attached hydrogens (tertiary/aromatic N) is 2. The van der Waals surface area contributed by atoms with Crippen molar-refractivity contribution in [2.45, 2.75) is 39.0 Å². The van der Waals surface area contributed by atoms with Crippen molar-refractivity contribution in [3.05, 3.63) is 93.4 Å². The normalized spacial score (nSPS) is 15.3. The van der Waals surface area contributed by atoms with Gasteiger partial charge in [0.05, 0.1) is 12.6 Å². The minimum absolute atomic E-state index is 0.0425. The number of rotatable bonds is 9. The van der Waals surface area contributed by atoms with Crippen molar-refractivity contribution < 1.29 is 18.7 Å². The molecule has 3 aromatic rings. The standard InChI is InChI=1S/C27H29FN2O3S/c1-20-6-10-22(11-7-20)27(32)30(17-24-4-2-14-33-24)19-26(31)29(18-25-5-3-15-34-25)16-21-8-12-23(28)13-9-21/h3,5-13,15,24H,2,4,14,16-19H2,1H3/t24-/m0/s1. The van der Waals surface area contributed by atoms with Crippen LogP contribution in [0.5, 0.6) is 0 Å². The largest absolute Gasteiger partial charge is 0.376 e. The number of ether oxygens (including phenoxy) is 1. The number of aryl methyl sites for hydroxylation is 1. The summed E-state index contributed by atoms with van der Waals surface area (Å²) in [4.78, 5) is 31.3. The van der Waals surface area contributed by atoms with Crippen LogP contribution in [0, 0.1) is 12.7 Å². The van der Waals surface area contributed by atoms with Gasteiger partial charge in [0, 0.05) is 30.1 Å². The third-order valence-electron chi connectivity index (χ3n) is 5.93. The van der Waals surface area contributed by atoms with Crippen LogP contribution in [0.3, 0.4) is 0 Å². The summed E-state index contributed by atoms with van der Waals surface area (Å²) in [5.74, 6) is -0.649. The molecule has 5 nitrogen and oxygen atoms in total. The van der Waals surface area contributed by atoms with E-state index in [1.165, 1.54) is 12.1 Å². The molecule has 0 spiro atoms. The van der Waals surface area contributed by atoms with E-state index in [1.807, 2.05) is 36.6 Å². The monoisotopic (exact) mass is 480 g/mol. The van der Waals surface area contributed by atoms with Gasteiger partial charge in [-0.2, -0.15) is 0 Å². The molecule has 7 heteroatoms. The highest BCUT2D eigenvalue weighted by molar-refractivity contribution is 7.09. The van der Waals surface area contributed by atoms with E-state index in [4.69, 9.17) is 4.74 Å². The van der Waals surface area contributed by atoms with Gasteiger partial charge in [-0.15, -0.1) is 11.3 Å². The van der Waals surface area contributed by atoms with Gasteiger partial charge in [-0.1, -0.05) is 35.9 Å². The van der Waals surface area contributed by atoms with Crippen LogP contribution in [0.4, 0.5) is 4.39 Å². The lowest BCUT2D eigenvalue weighted by molar-refractivity contribution is -0.133. The van der Waals surface area contributed by atoms with Crippen LogP contribution >= 0.6 is 11.3 Å². The van der Waals surface area contributed by atoms with E-state index in [9.17, 15) is 14.0 Å². The van der Waals surface area contributed by atoms with E-state index < -0.39 is 0 Å². The van der Waals surface area contributed by atoms with Crippen LogP contribution in [0.2, 0.25) is 0 Å². The van der Waals surface area contributed by atoms with Gasteiger partial charge in [-0.3, -0.25) is 9.59 Å². The molecule has 0 aliphatic carbocycles. The van der Waals surface area contributed by atoms with Crippen molar-refractivity contribution in [3.63, 3.8) is 0 Å². The highest BCUT2D eigenvalue weighted by Crippen LogP contribution is 2.18. The van der Waals surface area contributed by atoms with Gasteiger partial charge in [0.1, 0.15) is 12.4 Å². The lowest BCUT2D eigenvalue weighted by atomic mass is 10.1. The number of amides is 2. The Morgan fingerprint density at radius 2 is 1.79 bits per heavy atom. The Hall–Kier alpha value is -3.03. The molecule has 0 radical (unpaired) electrons. The van der Waals surface area contributed by atoms with Crippen molar-refractivity contribution in [2.75, 3.05) is 19.7 Å². The zero-order valence-corrected chi connectivity index (χ0v) is 20.1. The van der Waals surface area contributed by atoms with Gasteiger partial charge in [-0.05, 0) is 61.0 Å². The molecule has 178 valence electrons. The van der Waals surface area contributed by atoms with Gasteiger partial charge in [0.15, 0.2) is 0 Å². The van der Waals surface area contributed by atoms with Gasteiger partial charge < -0.3 is 14.5 Å². The van der Waals surface area contributed by atoms with E-state index in [2.05, 4.69) is 0 Å². The Bertz CT molecular complexity index is 1080. The average Bonchev–Trinajstić information content (AvgIpc) is 3.54. The Kier molecular flexibility index (Phi) is 8.08. The molecule has 1 saturated heterocycles. The second-order valence-corrected chi connectivity index (χ2v) is 9.67. The molecule has 1 atom stereocenters. The highest BCUT2D eigenvalue weighted by atomic mass is 32.1. The molecule has 1 aliphatic heterocycles. The lowest BCUT2D eigenvalue weighted by Gasteiger charge is -2.29. The van der Waals surface area contributed by atoms with Crippen LogP contribution in [0.25, 0.3) is 0 Å². The van der Waals surface area contributed by atoms with Crippen molar-refractivity contribution in [3.8, 4) is 0 Å². The highest BCUT2D eigenvalue weighted by Gasteiger charge is 2.27. The summed E-state index contributed by atoms with van der Waals surface area (Å²) in [5.41, 5.74) is 2.46. The maximum atomic E-state index is 13.5. The molecule has 2 heterocycles. The minimum atomic E-state index is -0.314. The number of carbonyl (C=O) groups is 2. The summed E-state index contributed by atoms with van der Waals surface area (Å²) in [6.07, 6.45) is 1.77. The smallest absolute Gasteiger partial charge is 0.254 e. The predicted molar refractivity (Wildman–Crippen MR) is 131 cm³/mol. The summed E-state index contributed by atoms with van der Waals surface area (Å²) in [6.45, 7) is 3.75. The molecule has 0 bridgehead atoms. The summed E-state index contributed by atoms with van der Waals surface area (Å²) in [6, 6.07) is 17.5. The van der Waals surface area contributed by atoms with Crippen LogP contribution in [-0.4, -0.2) is 47.4 Å². The van der Waals surface area contributed by atoms with Crippen molar-refractivity contribution >= 4 is 23.2 Å². The first-order chi connectivity index (χ1) is 16.5. The van der Waals surface area contributed by atoms with Gasteiger partial charge in [-0.25, -0.2) is 4.39 Å². The number of benzene rings is 2. The maximum absolute atomic E-state index is 13.5. The molecule has 1 aromatic heterocycles. The van der Waals surface area contributed by atoms with Crippen LogP contribution in [0.1, 0.15) is 39.2 Å². The van der Waals surface area contributed by atoms with E-state index in [0.29, 0.717) is 31.8 Å². The maximum Gasteiger partial charge on any atom is 0.254 e. The van der Waals surface area contributed by atoms with Crippen molar-refractivity contribution in [1.29, 1.82) is 0 Å². The second-order valence-electron chi connectivity index (χ2n) is 8.64. The lowest BCUT2D eigenvalue weighted by Crippen LogP contribution is -2.45. The van der Waals surface area contributed by atoms with Gasteiger partial charge in [0.2, 0.25) is 5.91 Å². The fourth-order valence-electron chi connectivity index (χ4n) is 4.03. The van der Waals surface area contributed by atoms with Crippen LogP contribution in [0.15, 0.2) is 66.0 Å². The van der Waals surface area contributed by atoms with Crippen molar-refractivity contribution in [1.82, 2.24) is 9.80 Å². The first-order valence-corrected chi connectivity index (χ1v) is 12.4. The zero-order chi connectivity index (χ0) is 23.9. The minimum Gasteiger partial charge on any atom is -0.376 e.